The van der Waals surface area contributed by atoms with Crippen LogP contribution in [0.3, 0.4) is 0 Å². The number of nitrogens with two attached hydrogens (primary N) is 4. The Kier molecular flexibility index (Phi) is 12.7. The van der Waals surface area contributed by atoms with Crippen molar-refractivity contribution in [3.8, 4) is 0 Å². The lowest BCUT2D eigenvalue weighted by molar-refractivity contribution is -0.144. The third-order valence-electron chi connectivity index (χ3n) is 4.19. The van der Waals surface area contributed by atoms with Gasteiger partial charge in [0.05, 0.1) is 19.1 Å². The van der Waals surface area contributed by atoms with Crippen LogP contribution in [0, 0.1) is 0 Å². The number of carboxylic acid groups (broad SMARTS) is 1. The lowest BCUT2D eigenvalue weighted by Crippen LogP contribution is -2.58. The Labute approximate surface area is 187 Å². The first-order valence-electron chi connectivity index (χ1n) is 9.63. The fourth-order valence-electron chi connectivity index (χ4n) is 2.40. The minimum absolute atomic E-state index is 0.122. The Morgan fingerprint density at radius 1 is 0.667 bits per heavy atom. The number of carbonyl (C=O) groups excluding carboxylic acids is 6. The standard InChI is InChI=1S/C17H29N7O9/c18-7(1-3-11(19)26)14(29)22-8(2-4-12(20)27)15(30)24-10(6-25)16(31)23-9(17(32)33)5-13(21)28/h7-10,25H,1-6,18H2,(H2,19,26)(H2,20,27)(H2,21,28)(H,22,29)(H,23,31)(H,24,30)(H,32,33). The predicted molar refractivity (Wildman–Crippen MR) is 109 cm³/mol. The number of aliphatic hydroxyl groups is 1. The minimum Gasteiger partial charge on any atom is -0.480 e. The summed E-state index contributed by atoms with van der Waals surface area (Å²) in [6.07, 6.45) is -1.70. The highest BCUT2D eigenvalue weighted by Crippen LogP contribution is 2.02. The molecule has 16 heteroatoms. The second-order valence-electron chi connectivity index (χ2n) is 6.99. The van der Waals surface area contributed by atoms with Crippen LogP contribution in [0.4, 0.5) is 0 Å². The second kappa shape index (κ2) is 14.3. The van der Waals surface area contributed by atoms with Crippen molar-refractivity contribution in [3.05, 3.63) is 0 Å². The molecule has 0 saturated carbocycles. The van der Waals surface area contributed by atoms with E-state index in [0.29, 0.717) is 0 Å². The fourth-order valence-corrected chi connectivity index (χ4v) is 2.40. The molecule has 0 bridgehead atoms. The Hall–Kier alpha value is -3.79. The van der Waals surface area contributed by atoms with Crippen molar-refractivity contribution in [2.24, 2.45) is 22.9 Å². The van der Waals surface area contributed by atoms with Crippen LogP contribution in [-0.2, 0) is 33.6 Å². The van der Waals surface area contributed by atoms with Crippen molar-refractivity contribution in [3.63, 3.8) is 0 Å². The average Bonchev–Trinajstić information content (AvgIpc) is 2.71. The van der Waals surface area contributed by atoms with Crippen LogP contribution in [0.5, 0.6) is 0 Å². The van der Waals surface area contributed by atoms with Crippen LogP contribution >= 0.6 is 0 Å². The Morgan fingerprint density at radius 2 is 1.12 bits per heavy atom. The molecule has 0 aromatic heterocycles. The van der Waals surface area contributed by atoms with E-state index in [1.807, 2.05) is 5.32 Å². The van der Waals surface area contributed by atoms with Gasteiger partial charge in [0, 0.05) is 12.8 Å². The summed E-state index contributed by atoms with van der Waals surface area (Å²) in [6.45, 7) is -0.977. The van der Waals surface area contributed by atoms with Crippen LogP contribution in [0.15, 0.2) is 0 Å². The molecular weight excluding hydrogens is 446 g/mol. The van der Waals surface area contributed by atoms with Crippen LogP contribution < -0.4 is 38.9 Å². The summed E-state index contributed by atoms with van der Waals surface area (Å²) < 4.78 is 0. The first-order chi connectivity index (χ1) is 15.3. The maximum atomic E-state index is 12.6. The zero-order valence-corrected chi connectivity index (χ0v) is 17.6. The van der Waals surface area contributed by atoms with Gasteiger partial charge in [0.2, 0.25) is 35.4 Å². The van der Waals surface area contributed by atoms with Gasteiger partial charge >= 0.3 is 5.97 Å². The summed E-state index contributed by atoms with van der Waals surface area (Å²) >= 11 is 0. The average molecular weight is 475 g/mol. The third kappa shape index (κ3) is 12.0. The molecule has 33 heavy (non-hydrogen) atoms. The van der Waals surface area contributed by atoms with Gasteiger partial charge in [0.15, 0.2) is 0 Å². The smallest absolute Gasteiger partial charge is 0.326 e. The molecule has 13 N–H and O–H groups in total. The molecule has 0 aliphatic heterocycles. The highest BCUT2D eigenvalue weighted by atomic mass is 16.4. The first kappa shape index (κ1) is 29.2. The van der Waals surface area contributed by atoms with E-state index in [1.54, 1.807) is 0 Å². The molecule has 0 aliphatic carbocycles. The van der Waals surface area contributed by atoms with E-state index in [1.165, 1.54) is 0 Å². The van der Waals surface area contributed by atoms with E-state index in [-0.39, 0.29) is 25.7 Å². The quantitative estimate of drug-likeness (QED) is 0.102. The van der Waals surface area contributed by atoms with Crippen LogP contribution in [-0.4, -0.2) is 82.4 Å². The van der Waals surface area contributed by atoms with E-state index < -0.39 is 78.6 Å². The molecule has 4 unspecified atom stereocenters. The zero-order chi connectivity index (χ0) is 25.7. The summed E-state index contributed by atoms with van der Waals surface area (Å²) in [7, 11) is 0. The number of hydrogen-bond acceptors (Lipinski definition) is 9. The SMILES string of the molecule is NC(=O)CCC(N)C(=O)NC(CCC(N)=O)C(=O)NC(CO)C(=O)NC(CC(N)=O)C(=O)O. The van der Waals surface area contributed by atoms with Crippen molar-refractivity contribution in [2.75, 3.05) is 6.61 Å². The van der Waals surface area contributed by atoms with E-state index in [4.69, 9.17) is 28.0 Å². The van der Waals surface area contributed by atoms with Gasteiger partial charge in [0.25, 0.3) is 0 Å². The summed E-state index contributed by atoms with van der Waals surface area (Å²) in [5.41, 5.74) is 20.6. The topological polar surface area (TPSA) is 300 Å². The summed E-state index contributed by atoms with van der Waals surface area (Å²) in [4.78, 5) is 81.0. The second-order valence-corrected chi connectivity index (χ2v) is 6.99. The lowest BCUT2D eigenvalue weighted by Gasteiger charge is -2.24. The van der Waals surface area contributed by atoms with Gasteiger partial charge in [-0.25, -0.2) is 4.79 Å². The van der Waals surface area contributed by atoms with E-state index in [9.17, 15) is 38.7 Å². The maximum absolute atomic E-state index is 12.6. The third-order valence-corrected chi connectivity index (χ3v) is 4.19. The number of amides is 6. The molecule has 0 fully saturated rings. The number of hydrogen-bond donors (Lipinski definition) is 9. The molecule has 4 atom stereocenters. The number of nitrogens with one attached hydrogen (secondary N) is 3. The van der Waals surface area contributed by atoms with Gasteiger partial charge in [0.1, 0.15) is 18.1 Å². The van der Waals surface area contributed by atoms with Crippen molar-refractivity contribution in [2.45, 2.75) is 56.3 Å². The highest BCUT2D eigenvalue weighted by Gasteiger charge is 2.30. The number of carboxylic acids is 1. The highest BCUT2D eigenvalue weighted by molar-refractivity contribution is 5.95. The van der Waals surface area contributed by atoms with Crippen LogP contribution in [0.1, 0.15) is 32.1 Å². The number of rotatable bonds is 16. The Balaban J connectivity index is 5.31. The largest absolute Gasteiger partial charge is 0.480 e. The van der Waals surface area contributed by atoms with Crippen LogP contribution in [0.25, 0.3) is 0 Å². The Bertz CT molecular complexity index is 774. The minimum atomic E-state index is -1.71. The molecule has 6 amide bonds. The van der Waals surface area contributed by atoms with Gasteiger partial charge < -0.3 is 49.1 Å². The number of primary amides is 3. The molecule has 0 heterocycles. The van der Waals surface area contributed by atoms with E-state index >= 15 is 0 Å². The normalized spacial score (nSPS) is 14.1. The number of aliphatic hydroxyl groups excluding tert-OH is 1. The molecule has 0 radical (unpaired) electrons. The molecule has 0 aromatic carbocycles. The lowest BCUT2D eigenvalue weighted by atomic mass is 10.1. The predicted octanol–water partition coefficient (Wildman–Crippen LogP) is -5.75. The van der Waals surface area contributed by atoms with Crippen molar-refractivity contribution in [1.29, 1.82) is 0 Å². The van der Waals surface area contributed by atoms with Gasteiger partial charge in [-0.2, -0.15) is 0 Å². The first-order valence-corrected chi connectivity index (χ1v) is 9.63. The molecule has 0 spiro atoms. The molecule has 0 aromatic rings. The summed E-state index contributed by atoms with van der Waals surface area (Å²) in [5, 5.41) is 24.7. The monoisotopic (exact) mass is 475 g/mol. The van der Waals surface area contributed by atoms with E-state index in [2.05, 4.69) is 10.6 Å². The summed E-state index contributed by atoms with van der Waals surface area (Å²) in [5.74, 6) is -7.14. The number of aliphatic carboxylic acids is 1. The van der Waals surface area contributed by atoms with Crippen molar-refractivity contribution < 1.29 is 43.8 Å². The summed E-state index contributed by atoms with van der Waals surface area (Å²) in [6, 6.07) is -6.03. The molecule has 0 saturated heterocycles. The molecule has 186 valence electrons. The van der Waals surface area contributed by atoms with Gasteiger partial charge in [-0.1, -0.05) is 0 Å². The Morgan fingerprint density at radius 3 is 1.58 bits per heavy atom. The van der Waals surface area contributed by atoms with Gasteiger partial charge in [-0.15, -0.1) is 0 Å². The molecule has 16 nitrogen and oxygen atoms in total. The zero-order valence-electron chi connectivity index (χ0n) is 17.6. The van der Waals surface area contributed by atoms with Gasteiger partial charge in [-0.05, 0) is 12.8 Å². The number of carbonyl (C=O) groups is 7. The fraction of sp³-hybridized carbons (Fsp3) is 0.588. The van der Waals surface area contributed by atoms with Crippen LogP contribution in [0.2, 0.25) is 0 Å². The molecule has 0 aliphatic rings. The van der Waals surface area contributed by atoms with E-state index in [0.717, 1.165) is 0 Å². The molecule has 0 rings (SSSR count). The van der Waals surface area contributed by atoms with Crippen molar-refractivity contribution in [1.82, 2.24) is 16.0 Å². The maximum Gasteiger partial charge on any atom is 0.326 e. The van der Waals surface area contributed by atoms with Crippen molar-refractivity contribution >= 4 is 41.4 Å². The molecular formula is C17H29N7O9. The van der Waals surface area contributed by atoms with Gasteiger partial charge in [-0.3, -0.25) is 28.8 Å².